The Morgan fingerprint density at radius 1 is 1.14 bits per heavy atom. The van der Waals surface area contributed by atoms with Crippen LogP contribution < -0.4 is 9.47 Å². The highest BCUT2D eigenvalue weighted by Crippen LogP contribution is 2.35. The first-order valence-electron chi connectivity index (χ1n) is 6.79. The molecule has 0 aromatic heterocycles. The lowest BCUT2D eigenvalue weighted by Crippen LogP contribution is -1.94. The number of ether oxygens (including phenoxy) is 2. The van der Waals surface area contributed by atoms with Gasteiger partial charge in [0.05, 0.1) is 19.3 Å². The third-order valence-corrected chi connectivity index (χ3v) is 3.11. The Balaban J connectivity index is 2.35. The third kappa shape index (κ3) is 3.34. The van der Waals surface area contributed by atoms with Crippen molar-refractivity contribution < 1.29 is 19.4 Å². The number of methoxy groups -OCH3 is 1. The molecule has 0 aliphatic carbocycles. The molecule has 0 spiro atoms. The lowest BCUT2D eigenvalue weighted by Gasteiger charge is -2.10. The Hall–Kier alpha value is -2.49. The molecule has 0 fully saturated rings. The molecule has 0 amide bonds. The zero-order valence-electron chi connectivity index (χ0n) is 12.1. The number of hydrogen-bond donors (Lipinski definition) is 1. The molecule has 2 aromatic rings. The molecule has 0 unspecified atom stereocenters. The second-order valence-electron chi connectivity index (χ2n) is 4.61. The highest BCUT2D eigenvalue weighted by Gasteiger charge is 2.11. The van der Waals surface area contributed by atoms with E-state index in [1.165, 1.54) is 7.11 Å². The Labute approximate surface area is 123 Å². The van der Waals surface area contributed by atoms with Gasteiger partial charge in [0.2, 0.25) is 0 Å². The number of phenolic OH excluding ortho intramolecular Hbond substituents is 1. The molecule has 2 aromatic carbocycles. The number of aromatic hydroxyl groups is 1. The fraction of sp³-hybridized carbons (Fsp3) is 0.235. The number of aldehydes is 1. The number of hydrogen-bond acceptors (Lipinski definition) is 4. The van der Waals surface area contributed by atoms with Crippen LogP contribution in [0.2, 0.25) is 0 Å². The zero-order chi connectivity index (χ0) is 15.2. The van der Waals surface area contributed by atoms with Gasteiger partial charge in [0, 0.05) is 0 Å². The van der Waals surface area contributed by atoms with Crippen LogP contribution in [-0.4, -0.2) is 25.1 Å². The first-order chi connectivity index (χ1) is 10.2. The van der Waals surface area contributed by atoms with Crippen LogP contribution in [0.25, 0.3) is 11.1 Å². The molecule has 0 heterocycles. The van der Waals surface area contributed by atoms with Gasteiger partial charge >= 0.3 is 0 Å². The molecule has 1 N–H and O–H groups in total. The second kappa shape index (κ2) is 6.79. The summed E-state index contributed by atoms with van der Waals surface area (Å²) in [5.74, 6) is 0.946. The molecule has 4 heteroatoms. The Morgan fingerprint density at radius 2 is 1.86 bits per heavy atom. The van der Waals surface area contributed by atoms with Crippen molar-refractivity contribution in [2.24, 2.45) is 0 Å². The van der Waals surface area contributed by atoms with Crippen LogP contribution in [0.4, 0.5) is 0 Å². The minimum absolute atomic E-state index is 0.140. The van der Waals surface area contributed by atoms with Crippen LogP contribution in [0.15, 0.2) is 36.4 Å². The first-order valence-corrected chi connectivity index (χ1v) is 6.79. The first kappa shape index (κ1) is 14.9. The molecule has 0 saturated carbocycles. The summed E-state index contributed by atoms with van der Waals surface area (Å²) in [5, 5.41) is 9.83. The van der Waals surface area contributed by atoms with Gasteiger partial charge in [-0.3, -0.25) is 4.79 Å². The van der Waals surface area contributed by atoms with E-state index < -0.39 is 0 Å². The average molecular weight is 286 g/mol. The standard InChI is InChI=1S/C17H18O4/c1-3-8-21-15-6-4-12(5-7-15)13-9-14(11-18)17(19)16(10-13)20-2/h4-7,9-11,19H,3,8H2,1-2H3. The van der Waals surface area contributed by atoms with E-state index in [1.807, 2.05) is 24.3 Å². The Bertz CT molecular complexity index is 617. The molecule has 0 aliphatic rings. The molecular weight excluding hydrogens is 268 g/mol. The second-order valence-corrected chi connectivity index (χ2v) is 4.61. The van der Waals surface area contributed by atoms with E-state index in [-0.39, 0.29) is 17.1 Å². The van der Waals surface area contributed by atoms with Crippen molar-refractivity contribution >= 4 is 6.29 Å². The number of phenols is 1. The normalized spacial score (nSPS) is 10.2. The largest absolute Gasteiger partial charge is 0.504 e. The number of benzene rings is 2. The molecule has 21 heavy (non-hydrogen) atoms. The summed E-state index contributed by atoms with van der Waals surface area (Å²) in [4.78, 5) is 11.0. The van der Waals surface area contributed by atoms with Gasteiger partial charge in [-0.1, -0.05) is 19.1 Å². The zero-order valence-corrected chi connectivity index (χ0v) is 12.1. The average Bonchev–Trinajstić information content (AvgIpc) is 2.53. The third-order valence-electron chi connectivity index (χ3n) is 3.11. The minimum atomic E-state index is -0.140. The van der Waals surface area contributed by atoms with Crippen molar-refractivity contribution in [1.82, 2.24) is 0 Å². The van der Waals surface area contributed by atoms with Gasteiger partial charge in [-0.15, -0.1) is 0 Å². The molecule has 0 radical (unpaired) electrons. The van der Waals surface area contributed by atoms with Crippen LogP contribution in [-0.2, 0) is 0 Å². The highest BCUT2D eigenvalue weighted by atomic mass is 16.5. The molecule has 4 nitrogen and oxygen atoms in total. The summed E-state index contributed by atoms with van der Waals surface area (Å²) in [6, 6.07) is 10.9. The topological polar surface area (TPSA) is 55.8 Å². The Morgan fingerprint density at radius 3 is 2.43 bits per heavy atom. The van der Waals surface area contributed by atoms with Gasteiger partial charge in [-0.2, -0.15) is 0 Å². The maximum atomic E-state index is 11.0. The van der Waals surface area contributed by atoms with Gasteiger partial charge in [0.15, 0.2) is 17.8 Å². The maximum absolute atomic E-state index is 11.0. The molecule has 0 aliphatic heterocycles. The van der Waals surface area contributed by atoms with E-state index in [1.54, 1.807) is 12.1 Å². The van der Waals surface area contributed by atoms with Crippen molar-refractivity contribution in [2.75, 3.05) is 13.7 Å². The van der Waals surface area contributed by atoms with Gasteiger partial charge in [-0.25, -0.2) is 0 Å². The summed E-state index contributed by atoms with van der Waals surface area (Å²) in [6.45, 7) is 2.74. The van der Waals surface area contributed by atoms with Crippen molar-refractivity contribution in [3.8, 4) is 28.4 Å². The molecule has 2 rings (SSSR count). The van der Waals surface area contributed by atoms with E-state index in [4.69, 9.17) is 9.47 Å². The van der Waals surface area contributed by atoms with E-state index >= 15 is 0 Å². The number of carbonyl (C=O) groups excluding carboxylic acids is 1. The molecular formula is C17H18O4. The Kier molecular flexibility index (Phi) is 4.82. The molecule has 0 atom stereocenters. The van der Waals surface area contributed by atoms with Crippen LogP contribution in [0.3, 0.4) is 0 Å². The van der Waals surface area contributed by atoms with Gasteiger partial charge in [-0.05, 0) is 41.8 Å². The van der Waals surface area contributed by atoms with Gasteiger partial charge in [0.25, 0.3) is 0 Å². The molecule has 0 saturated heterocycles. The van der Waals surface area contributed by atoms with Crippen LogP contribution in [0, 0.1) is 0 Å². The van der Waals surface area contributed by atoms with E-state index in [9.17, 15) is 9.90 Å². The molecule has 0 bridgehead atoms. The molecule has 110 valence electrons. The summed E-state index contributed by atoms with van der Waals surface area (Å²) >= 11 is 0. The number of rotatable bonds is 6. The predicted octanol–water partition coefficient (Wildman–Crippen LogP) is 3.67. The minimum Gasteiger partial charge on any atom is -0.504 e. The fourth-order valence-corrected chi connectivity index (χ4v) is 2.01. The van der Waals surface area contributed by atoms with Crippen LogP contribution in [0.5, 0.6) is 17.2 Å². The number of carbonyl (C=O) groups is 1. The van der Waals surface area contributed by atoms with Crippen molar-refractivity contribution in [1.29, 1.82) is 0 Å². The van der Waals surface area contributed by atoms with E-state index in [2.05, 4.69) is 6.92 Å². The summed E-state index contributed by atoms with van der Waals surface area (Å²) in [5.41, 5.74) is 1.92. The van der Waals surface area contributed by atoms with Gasteiger partial charge < -0.3 is 14.6 Å². The summed E-state index contributed by atoms with van der Waals surface area (Å²) < 4.78 is 10.6. The predicted molar refractivity (Wildman–Crippen MR) is 81.3 cm³/mol. The fourth-order valence-electron chi connectivity index (χ4n) is 2.01. The van der Waals surface area contributed by atoms with E-state index in [0.717, 1.165) is 23.3 Å². The summed E-state index contributed by atoms with van der Waals surface area (Å²) in [7, 11) is 1.45. The van der Waals surface area contributed by atoms with Crippen LogP contribution in [0.1, 0.15) is 23.7 Å². The highest BCUT2D eigenvalue weighted by molar-refractivity contribution is 5.85. The lowest BCUT2D eigenvalue weighted by atomic mass is 10.0. The quantitative estimate of drug-likeness (QED) is 0.823. The van der Waals surface area contributed by atoms with E-state index in [0.29, 0.717) is 12.9 Å². The summed E-state index contributed by atoms with van der Waals surface area (Å²) in [6.07, 6.45) is 1.57. The lowest BCUT2D eigenvalue weighted by molar-refractivity contribution is 0.112. The van der Waals surface area contributed by atoms with Crippen molar-refractivity contribution in [3.63, 3.8) is 0 Å². The maximum Gasteiger partial charge on any atom is 0.168 e. The van der Waals surface area contributed by atoms with Crippen molar-refractivity contribution in [2.45, 2.75) is 13.3 Å². The SMILES string of the molecule is CCCOc1ccc(-c2cc(C=O)c(O)c(OC)c2)cc1. The van der Waals surface area contributed by atoms with Gasteiger partial charge in [0.1, 0.15) is 5.75 Å². The van der Waals surface area contributed by atoms with Crippen LogP contribution >= 0.6 is 0 Å². The monoisotopic (exact) mass is 286 g/mol. The smallest absolute Gasteiger partial charge is 0.168 e. The van der Waals surface area contributed by atoms with Crippen molar-refractivity contribution in [3.05, 3.63) is 42.0 Å².